The first-order chi connectivity index (χ1) is 8.56. The molecule has 0 bridgehead atoms. The minimum absolute atomic E-state index is 0.0507. The molecule has 6 nitrogen and oxygen atoms in total. The predicted octanol–water partition coefficient (Wildman–Crippen LogP) is 0.0827. The van der Waals surface area contributed by atoms with Gasteiger partial charge in [-0.3, -0.25) is 9.59 Å². The summed E-state index contributed by atoms with van der Waals surface area (Å²) in [7, 11) is 0. The van der Waals surface area contributed by atoms with Crippen molar-refractivity contribution in [2.75, 3.05) is 13.2 Å². The van der Waals surface area contributed by atoms with Crippen LogP contribution in [0.5, 0.6) is 0 Å². The Labute approximate surface area is 102 Å². The van der Waals surface area contributed by atoms with Crippen molar-refractivity contribution in [3.05, 3.63) is 29.8 Å². The summed E-state index contributed by atoms with van der Waals surface area (Å²) in [5.74, 6) is -3.66. The van der Waals surface area contributed by atoms with Gasteiger partial charge in [0.25, 0.3) is 0 Å². The number of ketones is 1. The largest absolute Gasteiger partial charge is 0.459 e. The summed E-state index contributed by atoms with van der Waals surface area (Å²) in [5.41, 5.74) is -0.387. The summed E-state index contributed by atoms with van der Waals surface area (Å²) >= 11 is 0. The fourth-order valence-corrected chi connectivity index (χ4v) is 1.10. The van der Waals surface area contributed by atoms with E-state index in [0.29, 0.717) is 0 Å². The van der Waals surface area contributed by atoms with E-state index < -0.39 is 30.0 Å². The molecule has 0 saturated carbocycles. The van der Waals surface area contributed by atoms with Gasteiger partial charge in [-0.1, -0.05) is 0 Å². The van der Waals surface area contributed by atoms with E-state index in [1.54, 1.807) is 6.92 Å². The smallest absolute Gasteiger partial charge is 0.396 e. The first-order valence-corrected chi connectivity index (χ1v) is 5.15. The number of Topliss-reactive ketones (excluding diaryl/α,β-unsaturated/α-hetero) is 1. The molecule has 1 N–H and O–H groups in total. The van der Waals surface area contributed by atoms with E-state index in [1.807, 2.05) is 5.32 Å². The number of hydrogen-bond acceptors (Lipinski definition) is 5. The van der Waals surface area contributed by atoms with E-state index in [4.69, 9.17) is 0 Å². The molecule has 96 valence electrons. The quantitative estimate of drug-likeness (QED) is 0.467. The SMILES string of the molecule is CCOC(=O)C(=O)NCC(=O)c1ncccc1F. The number of ether oxygens (including phenoxy) is 1. The number of pyridine rings is 1. The second-order valence-corrected chi connectivity index (χ2v) is 3.16. The third-order valence-electron chi connectivity index (χ3n) is 1.89. The van der Waals surface area contributed by atoms with Crippen molar-refractivity contribution in [1.82, 2.24) is 10.3 Å². The maximum atomic E-state index is 13.2. The van der Waals surface area contributed by atoms with Crippen molar-refractivity contribution in [2.45, 2.75) is 6.92 Å². The Hall–Kier alpha value is -2.31. The molecule has 0 saturated heterocycles. The molecule has 1 aromatic rings. The van der Waals surface area contributed by atoms with Crippen LogP contribution in [-0.4, -0.2) is 35.8 Å². The number of esters is 1. The van der Waals surface area contributed by atoms with Gasteiger partial charge in [0, 0.05) is 6.20 Å². The van der Waals surface area contributed by atoms with Gasteiger partial charge < -0.3 is 10.1 Å². The summed E-state index contributed by atoms with van der Waals surface area (Å²) in [6, 6.07) is 2.41. The van der Waals surface area contributed by atoms with E-state index in [9.17, 15) is 18.8 Å². The van der Waals surface area contributed by atoms with Crippen LogP contribution in [0.1, 0.15) is 17.4 Å². The molecule has 0 spiro atoms. The van der Waals surface area contributed by atoms with Crippen molar-refractivity contribution >= 4 is 17.7 Å². The van der Waals surface area contributed by atoms with Crippen molar-refractivity contribution in [3.8, 4) is 0 Å². The highest BCUT2D eigenvalue weighted by Crippen LogP contribution is 2.02. The van der Waals surface area contributed by atoms with Gasteiger partial charge in [0.1, 0.15) is 5.69 Å². The second kappa shape index (κ2) is 6.43. The van der Waals surface area contributed by atoms with Crippen LogP contribution in [0.2, 0.25) is 0 Å². The Kier molecular flexibility index (Phi) is 4.91. The summed E-state index contributed by atoms with van der Waals surface area (Å²) in [4.78, 5) is 37.1. The number of carbonyl (C=O) groups excluding carboxylic acids is 3. The third-order valence-corrected chi connectivity index (χ3v) is 1.89. The molecule has 1 amide bonds. The summed E-state index contributed by atoms with van der Waals surface area (Å²) < 4.78 is 17.6. The molecule has 0 aliphatic heterocycles. The molecule has 0 aliphatic rings. The van der Waals surface area contributed by atoms with Gasteiger partial charge in [0.2, 0.25) is 5.78 Å². The predicted molar refractivity (Wildman–Crippen MR) is 58.2 cm³/mol. The number of amides is 1. The zero-order valence-electron chi connectivity index (χ0n) is 9.60. The summed E-state index contributed by atoms with van der Waals surface area (Å²) in [6.07, 6.45) is 1.25. The van der Waals surface area contributed by atoms with Gasteiger partial charge in [-0.05, 0) is 19.1 Å². The van der Waals surface area contributed by atoms with Crippen LogP contribution in [0, 0.1) is 5.82 Å². The zero-order chi connectivity index (χ0) is 13.5. The lowest BCUT2D eigenvalue weighted by atomic mass is 10.2. The van der Waals surface area contributed by atoms with Crippen LogP contribution >= 0.6 is 0 Å². The van der Waals surface area contributed by atoms with E-state index in [-0.39, 0.29) is 12.3 Å². The molecule has 0 unspecified atom stereocenters. The van der Waals surface area contributed by atoms with Crippen LogP contribution in [0.3, 0.4) is 0 Å². The first kappa shape index (κ1) is 13.8. The van der Waals surface area contributed by atoms with Gasteiger partial charge in [0.05, 0.1) is 13.2 Å². The van der Waals surface area contributed by atoms with Crippen molar-refractivity contribution < 1.29 is 23.5 Å². The molecule has 0 aliphatic carbocycles. The van der Waals surface area contributed by atoms with Crippen molar-refractivity contribution in [3.63, 3.8) is 0 Å². The van der Waals surface area contributed by atoms with Crippen molar-refractivity contribution in [1.29, 1.82) is 0 Å². The number of hydrogen-bond donors (Lipinski definition) is 1. The minimum Gasteiger partial charge on any atom is -0.459 e. The van der Waals surface area contributed by atoms with Crippen LogP contribution in [-0.2, 0) is 14.3 Å². The Balaban J connectivity index is 2.55. The molecule has 1 rings (SSSR count). The Morgan fingerprint density at radius 3 is 2.78 bits per heavy atom. The van der Waals surface area contributed by atoms with Crippen LogP contribution in [0.15, 0.2) is 18.3 Å². The van der Waals surface area contributed by atoms with Crippen LogP contribution < -0.4 is 5.32 Å². The van der Waals surface area contributed by atoms with E-state index in [1.165, 1.54) is 12.3 Å². The number of nitrogens with zero attached hydrogens (tertiary/aromatic N) is 1. The molecule has 0 atom stereocenters. The highest BCUT2D eigenvalue weighted by molar-refractivity contribution is 6.32. The van der Waals surface area contributed by atoms with E-state index in [0.717, 1.165) is 6.07 Å². The third kappa shape index (κ3) is 3.62. The topological polar surface area (TPSA) is 85.4 Å². The molecule has 1 aromatic heterocycles. The maximum Gasteiger partial charge on any atom is 0.396 e. The van der Waals surface area contributed by atoms with Gasteiger partial charge in [-0.25, -0.2) is 14.2 Å². The second-order valence-electron chi connectivity index (χ2n) is 3.16. The van der Waals surface area contributed by atoms with Crippen LogP contribution in [0.25, 0.3) is 0 Å². The van der Waals surface area contributed by atoms with Gasteiger partial charge in [0.15, 0.2) is 5.82 Å². The molecule has 0 aromatic carbocycles. The normalized spacial score (nSPS) is 9.67. The lowest BCUT2D eigenvalue weighted by Crippen LogP contribution is -2.36. The lowest BCUT2D eigenvalue weighted by molar-refractivity contribution is -0.154. The molecule has 7 heteroatoms. The van der Waals surface area contributed by atoms with E-state index >= 15 is 0 Å². The summed E-state index contributed by atoms with van der Waals surface area (Å²) in [6.45, 7) is 1.07. The van der Waals surface area contributed by atoms with Gasteiger partial charge >= 0.3 is 11.9 Å². The molecule has 18 heavy (non-hydrogen) atoms. The molecular weight excluding hydrogens is 243 g/mol. The average molecular weight is 254 g/mol. The lowest BCUT2D eigenvalue weighted by Gasteiger charge is -2.04. The highest BCUT2D eigenvalue weighted by Gasteiger charge is 2.18. The Morgan fingerprint density at radius 1 is 1.44 bits per heavy atom. The standard InChI is InChI=1S/C11H11FN2O4/c1-2-18-11(17)10(16)14-6-8(15)9-7(12)4-3-5-13-9/h3-5H,2,6H2,1H3,(H,14,16). The number of aromatic nitrogens is 1. The van der Waals surface area contributed by atoms with Crippen LogP contribution in [0.4, 0.5) is 4.39 Å². The molecular formula is C11H11FN2O4. The average Bonchev–Trinajstić information content (AvgIpc) is 2.36. The molecule has 0 radical (unpaired) electrons. The zero-order valence-corrected chi connectivity index (χ0v) is 9.60. The number of rotatable bonds is 4. The number of nitrogens with one attached hydrogen (secondary N) is 1. The molecule has 0 fully saturated rings. The highest BCUT2D eigenvalue weighted by atomic mass is 19.1. The monoisotopic (exact) mass is 254 g/mol. The molecule has 1 heterocycles. The van der Waals surface area contributed by atoms with Gasteiger partial charge in [-0.2, -0.15) is 0 Å². The van der Waals surface area contributed by atoms with Crippen molar-refractivity contribution in [2.24, 2.45) is 0 Å². The maximum absolute atomic E-state index is 13.2. The van der Waals surface area contributed by atoms with Gasteiger partial charge in [-0.15, -0.1) is 0 Å². The first-order valence-electron chi connectivity index (χ1n) is 5.15. The minimum atomic E-state index is -1.09. The fraction of sp³-hybridized carbons (Fsp3) is 0.273. The number of halogens is 1. The number of carbonyl (C=O) groups is 3. The fourth-order valence-electron chi connectivity index (χ4n) is 1.10. The summed E-state index contributed by atoms with van der Waals surface area (Å²) in [5, 5.41) is 2.02. The van der Waals surface area contributed by atoms with E-state index in [2.05, 4.69) is 9.72 Å². The Bertz CT molecular complexity index is 476. The Morgan fingerprint density at radius 2 is 2.17 bits per heavy atom.